The highest BCUT2D eigenvalue weighted by Gasteiger charge is 2.03. The predicted octanol–water partition coefficient (Wildman–Crippen LogP) is 3.22. The first-order valence-corrected chi connectivity index (χ1v) is 9.45. The average molecular weight is 334 g/mol. The second kappa shape index (κ2) is 8.70. The van der Waals surface area contributed by atoms with E-state index in [9.17, 15) is 8.42 Å². The summed E-state index contributed by atoms with van der Waals surface area (Å²) in [4.78, 5) is 0. The fourth-order valence-electron chi connectivity index (χ4n) is 2.21. The van der Waals surface area contributed by atoms with E-state index >= 15 is 0 Å². The fraction of sp³-hybridized carbons (Fsp3) is 0.333. The van der Waals surface area contributed by atoms with Crippen LogP contribution >= 0.6 is 0 Å². The van der Waals surface area contributed by atoms with Crippen LogP contribution in [0, 0.1) is 0 Å². The number of aryl methyl sites for hydroxylation is 1. The van der Waals surface area contributed by atoms with Gasteiger partial charge in [-0.15, -0.1) is 0 Å². The van der Waals surface area contributed by atoms with Crippen LogP contribution < -0.4 is 4.74 Å². The van der Waals surface area contributed by atoms with Gasteiger partial charge in [-0.1, -0.05) is 42.5 Å². The lowest BCUT2D eigenvalue weighted by Gasteiger charge is -2.08. The Labute approximate surface area is 138 Å². The zero-order valence-electron chi connectivity index (χ0n) is 13.3. The van der Waals surface area contributed by atoms with Gasteiger partial charge in [0.15, 0.2) is 0 Å². The van der Waals surface area contributed by atoms with Gasteiger partial charge >= 0.3 is 0 Å². The first kappa shape index (κ1) is 17.5. The van der Waals surface area contributed by atoms with Gasteiger partial charge in [0.25, 0.3) is 10.1 Å². The molecule has 124 valence electrons. The van der Waals surface area contributed by atoms with E-state index in [1.165, 1.54) is 5.56 Å². The van der Waals surface area contributed by atoms with E-state index in [1.807, 2.05) is 42.5 Å². The van der Waals surface area contributed by atoms with Crippen LogP contribution in [0.3, 0.4) is 0 Å². The van der Waals surface area contributed by atoms with Crippen LogP contribution in [0.4, 0.5) is 0 Å². The molecule has 5 heteroatoms. The summed E-state index contributed by atoms with van der Waals surface area (Å²) in [6, 6.07) is 18.0. The van der Waals surface area contributed by atoms with Gasteiger partial charge in [-0.2, -0.15) is 8.42 Å². The molecule has 0 bridgehead atoms. The summed E-state index contributed by atoms with van der Waals surface area (Å²) in [7, 11) is -3.38. The van der Waals surface area contributed by atoms with Crippen molar-refractivity contribution in [3.8, 4) is 5.75 Å². The van der Waals surface area contributed by atoms with Crippen molar-refractivity contribution in [2.24, 2.45) is 0 Å². The van der Waals surface area contributed by atoms with Gasteiger partial charge in [0.05, 0.1) is 19.5 Å². The SMILES string of the molecule is CS(=O)(=O)OCCc1cccc(OCCCc2ccccc2)c1. The third kappa shape index (κ3) is 7.30. The van der Waals surface area contributed by atoms with Gasteiger partial charge in [-0.3, -0.25) is 4.18 Å². The second-order valence-electron chi connectivity index (χ2n) is 5.36. The van der Waals surface area contributed by atoms with Crippen molar-refractivity contribution in [3.63, 3.8) is 0 Å². The van der Waals surface area contributed by atoms with Gasteiger partial charge in [-0.05, 0) is 42.5 Å². The molecule has 0 aromatic heterocycles. The van der Waals surface area contributed by atoms with E-state index in [1.54, 1.807) is 0 Å². The molecular formula is C18H22O4S. The molecule has 0 fully saturated rings. The summed E-state index contributed by atoms with van der Waals surface area (Å²) in [6.45, 7) is 0.800. The lowest BCUT2D eigenvalue weighted by molar-refractivity contribution is 0.309. The van der Waals surface area contributed by atoms with E-state index in [4.69, 9.17) is 8.92 Å². The Morgan fingerprint density at radius 2 is 1.61 bits per heavy atom. The van der Waals surface area contributed by atoms with Gasteiger partial charge in [0.1, 0.15) is 5.75 Å². The predicted molar refractivity (Wildman–Crippen MR) is 91.2 cm³/mol. The lowest BCUT2D eigenvalue weighted by Crippen LogP contribution is -2.06. The van der Waals surface area contributed by atoms with Crippen molar-refractivity contribution in [1.82, 2.24) is 0 Å². The van der Waals surface area contributed by atoms with Crippen LogP contribution in [0.5, 0.6) is 5.75 Å². The van der Waals surface area contributed by atoms with E-state index < -0.39 is 10.1 Å². The first-order valence-electron chi connectivity index (χ1n) is 7.63. The summed E-state index contributed by atoms with van der Waals surface area (Å²) >= 11 is 0. The molecule has 23 heavy (non-hydrogen) atoms. The van der Waals surface area contributed by atoms with Crippen LogP contribution in [-0.2, 0) is 27.1 Å². The Morgan fingerprint density at radius 1 is 0.870 bits per heavy atom. The molecule has 0 atom stereocenters. The van der Waals surface area contributed by atoms with E-state index in [0.717, 1.165) is 30.4 Å². The minimum atomic E-state index is -3.38. The lowest BCUT2D eigenvalue weighted by atomic mass is 10.1. The molecule has 0 aliphatic heterocycles. The number of hydrogen-bond acceptors (Lipinski definition) is 4. The zero-order chi connectivity index (χ0) is 16.5. The molecule has 0 unspecified atom stereocenters. The number of ether oxygens (including phenoxy) is 1. The van der Waals surface area contributed by atoms with Crippen molar-refractivity contribution in [2.75, 3.05) is 19.5 Å². The summed E-state index contributed by atoms with van der Waals surface area (Å²) in [6.07, 6.45) is 3.53. The Morgan fingerprint density at radius 3 is 2.35 bits per heavy atom. The molecule has 0 radical (unpaired) electrons. The van der Waals surface area contributed by atoms with Crippen LogP contribution in [0.25, 0.3) is 0 Å². The zero-order valence-corrected chi connectivity index (χ0v) is 14.1. The maximum atomic E-state index is 10.9. The monoisotopic (exact) mass is 334 g/mol. The number of hydrogen-bond donors (Lipinski definition) is 0. The molecular weight excluding hydrogens is 312 g/mol. The molecule has 4 nitrogen and oxygen atoms in total. The van der Waals surface area contributed by atoms with Gasteiger partial charge < -0.3 is 4.74 Å². The van der Waals surface area contributed by atoms with Gasteiger partial charge in [0, 0.05) is 0 Å². The minimum Gasteiger partial charge on any atom is -0.494 e. The van der Waals surface area contributed by atoms with E-state index in [2.05, 4.69) is 12.1 Å². The molecule has 0 aliphatic carbocycles. The van der Waals surface area contributed by atoms with Crippen molar-refractivity contribution in [1.29, 1.82) is 0 Å². The molecule has 0 saturated carbocycles. The number of rotatable bonds is 9. The molecule has 0 saturated heterocycles. The highest BCUT2D eigenvalue weighted by atomic mass is 32.2. The molecule has 0 amide bonds. The Bertz CT molecular complexity index is 696. The van der Waals surface area contributed by atoms with Crippen LogP contribution in [0.1, 0.15) is 17.5 Å². The Kier molecular flexibility index (Phi) is 6.62. The summed E-state index contributed by atoms with van der Waals surface area (Å²) in [5.74, 6) is 0.801. The van der Waals surface area contributed by atoms with Crippen molar-refractivity contribution >= 4 is 10.1 Å². The summed E-state index contributed by atoms with van der Waals surface area (Å²) < 4.78 is 32.4. The third-order valence-corrected chi connectivity index (χ3v) is 3.90. The molecule has 0 heterocycles. The highest BCUT2D eigenvalue weighted by molar-refractivity contribution is 7.85. The maximum Gasteiger partial charge on any atom is 0.264 e. The molecule has 2 rings (SSSR count). The van der Waals surface area contributed by atoms with Gasteiger partial charge in [0.2, 0.25) is 0 Å². The quantitative estimate of drug-likeness (QED) is 0.522. The fourth-order valence-corrected chi connectivity index (χ4v) is 2.60. The topological polar surface area (TPSA) is 52.6 Å². The first-order chi connectivity index (χ1) is 11.0. The molecule has 2 aromatic carbocycles. The van der Waals surface area contributed by atoms with E-state index in [-0.39, 0.29) is 6.61 Å². The van der Waals surface area contributed by atoms with Crippen LogP contribution in [0.2, 0.25) is 0 Å². The molecule has 0 aliphatic rings. The van der Waals surface area contributed by atoms with Gasteiger partial charge in [-0.25, -0.2) is 0 Å². The highest BCUT2D eigenvalue weighted by Crippen LogP contribution is 2.15. The van der Waals surface area contributed by atoms with Crippen molar-refractivity contribution in [3.05, 3.63) is 65.7 Å². The maximum absolute atomic E-state index is 10.9. The Balaban J connectivity index is 1.74. The summed E-state index contributed by atoms with van der Waals surface area (Å²) in [5.41, 5.74) is 2.30. The smallest absolute Gasteiger partial charge is 0.264 e. The molecule has 2 aromatic rings. The van der Waals surface area contributed by atoms with Crippen molar-refractivity contribution in [2.45, 2.75) is 19.3 Å². The normalized spacial score (nSPS) is 11.3. The summed E-state index contributed by atoms with van der Waals surface area (Å²) in [5, 5.41) is 0. The Hall–Kier alpha value is -1.85. The van der Waals surface area contributed by atoms with E-state index in [0.29, 0.717) is 13.0 Å². The minimum absolute atomic E-state index is 0.149. The third-order valence-electron chi connectivity index (χ3n) is 3.31. The second-order valence-corrected chi connectivity index (χ2v) is 7.01. The average Bonchev–Trinajstić information content (AvgIpc) is 2.52. The van der Waals surface area contributed by atoms with Crippen LogP contribution in [0.15, 0.2) is 54.6 Å². The van der Waals surface area contributed by atoms with Crippen molar-refractivity contribution < 1.29 is 17.3 Å². The largest absolute Gasteiger partial charge is 0.494 e. The molecule has 0 N–H and O–H groups in total. The van der Waals surface area contributed by atoms with Crippen LogP contribution in [-0.4, -0.2) is 27.9 Å². The number of benzene rings is 2. The standard InChI is InChI=1S/C18H22O4S/c1-23(19,20)22-14-12-17-9-5-11-18(15-17)21-13-6-10-16-7-3-2-4-8-16/h2-5,7-9,11,15H,6,10,12-14H2,1H3. The molecule has 0 spiro atoms.